The lowest BCUT2D eigenvalue weighted by Gasteiger charge is -1.99. The van der Waals surface area contributed by atoms with Crippen LogP contribution in [0.3, 0.4) is 0 Å². The Morgan fingerprint density at radius 1 is 1.35 bits per heavy atom. The molecule has 0 aliphatic heterocycles. The maximum Gasteiger partial charge on any atom is 0.372 e. The third kappa shape index (κ3) is 2.90. The molecule has 0 aromatic carbocycles. The van der Waals surface area contributed by atoms with Gasteiger partial charge in [0, 0.05) is 4.88 Å². The van der Waals surface area contributed by atoms with Gasteiger partial charge in [0.05, 0.1) is 5.39 Å². The summed E-state index contributed by atoms with van der Waals surface area (Å²) >= 11 is 1.43. The molecule has 0 saturated carbocycles. The van der Waals surface area contributed by atoms with Crippen molar-refractivity contribution in [3.63, 3.8) is 0 Å². The Morgan fingerprint density at radius 3 is 2.75 bits per heavy atom. The number of carbonyl (C=O) groups is 1. The topological polar surface area (TPSA) is 83.0 Å². The van der Waals surface area contributed by atoms with Gasteiger partial charge < -0.3 is 10.1 Å². The van der Waals surface area contributed by atoms with Crippen LogP contribution in [-0.2, 0) is 6.42 Å². The molecule has 0 unspecified atom stereocenters. The van der Waals surface area contributed by atoms with Crippen molar-refractivity contribution in [3.05, 3.63) is 26.6 Å². The third-order valence-corrected chi connectivity index (χ3v) is 4.60. The normalized spacial score (nSPS) is 11.1. The molecule has 0 aliphatic rings. The van der Waals surface area contributed by atoms with Crippen molar-refractivity contribution < 1.29 is 9.90 Å². The van der Waals surface area contributed by atoms with Gasteiger partial charge in [0.15, 0.2) is 0 Å². The maximum absolute atomic E-state index is 12.0. The summed E-state index contributed by atoms with van der Waals surface area (Å²) in [6, 6.07) is 0. The number of unbranched alkanes of at least 4 members (excludes halogenated alkanes) is 3. The van der Waals surface area contributed by atoms with Gasteiger partial charge in [-0.1, -0.05) is 26.2 Å². The number of H-pyrrole nitrogens is 1. The molecule has 0 spiro atoms. The van der Waals surface area contributed by atoms with Gasteiger partial charge in [-0.3, -0.25) is 4.79 Å². The fourth-order valence-corrected chi connectivity index (χ4v) is 3.46. The van der Waals surface area contributed by atoms with E-state index < -0.39 is 5.97 Å². The minimum atomic E-state index is -1.21. The Hall–Kier alpha value is -1.69. The molecule has 2 aromatic heterocycles. The van der Waals surface area contributed by atoms with Crippen molar-refractivity contribution in [1.29, 1.82) is 0 Å². The van der Waals surface area contributed by atoms with Crippen molar-refractivity contribution in [3.8, 4) is 0 Å². The molecular formula is C14H18N2O3S. The quantitative estimate of drug-likeness (QED) is 0.802. The van der Waals surface area contributed by atoms with Gasteiger partial charge in [0.25, 0.3) is 5.56 Å². The zero-order valence-electron chi connectivity index (χ0n) is 11.7. The molecule has 0 radical (unpaired) electrons. The van der Waals surface area contributed by atoms with Crippen LogP contribution in [0.15, 0.2) is 4.79 Å². The van der Waals surface area contributed by atoms with E-state index >= 15 is 0 Å². The van der Waals surface area contributed by atoms with Crippen LogP contribution in [0.25, 0.3) is 10.2 Å². The van der Waals surface area contributed by atoms with Gasteiger partial charge in [-0.15, -0.1) is 11.3 Å². The molecule has 2 rings (SSSR count). The molecule has 0 aliphatic carbocycles. The molecule has 20 heavy (non-hydrogen) atoms. The minimum absolute atomic E-state index is 0.290. The van der Waals surface area contributed by atoms with Gasteiger partial charge >= 0.3 is 5.97 Å². The largest absolute Gasteiger partial charge is 0.475 e. The number of carboxylic acid groups (broad SMARTS) is 1. The molecule has 6 heteroatoms. The van der Waals surface area contributed by atoms with Crippen molar-refractivity contribution in [2.45, 2.75) is 46.0 Å². The number of aromatic carboxylic acids is 1. The third-order valence-electron chi connectivity index (χ3n) is 3.36. The van der Waals surface area contributed by atoms with E-state index in [2.05, 4.69) is 16.9 Å². The highest BCUT2D eigenvalue weighted by molar-refractivity contribution is 7.18. The second-order valence-electron chi connectivity index (χ2n) is 4.86. The summed E-state index contributed by atoms with van der Waals surface area (Å²) in [5.74, 6) is -1.50. The molecular weight excluding hydrogens is 276 g/mol. The number of fused-ring (bicyclic) bond motifs is 1. The Bertz CT molecular complexity index is 688. The van der Waals surface area contributed by atoms with Gasteiger partial charge in [0.1, 0.15) is 4.83 Å². The van der Waals surface area contributed by atoms with Crippen LogP contribution >= 0.6 is 11.3 Å². The first kappa shape index (κ1) is 14.7. The molecule has 2 aromatic rings. The molecule has 2 N–H and O–H groups in total. The highest BCUT2D eigenvalue weighted by atomic mass is 32.1. The number of aromatic amines is 1. The summed E-state index contributed by atoms with van der Waals surface area (Å²) < 4.78 is 0. The number of thiophene rings is 1. The first-order chi connectivity index (χ1) is 9.54. The molecule has 5 nitrogen and oxygen atoms in total. The smallest absolute Gasteiger partial charge is 0.372 e. The Balaban J connectivity index is 2.34. The van der Waals surface area contributed by atoms with E-state index in [1.165, 1.54) is 30.6 Å². The Kier molecular flexibility index (Phi) is 4.54. The fraction of sp³-hybridized carbons (Fsp3) is 0.500. The Morgan fingerprint density at radius 2 is 2.10 bits per heavy atom. The lowest BCUT2D eigenvalue weighted by Crippen LogP contribution is -2.15. The lowest BCUT2D eigenvalue weighted by molar-refractivity contribution is 0.0683. The van der Waals surface area contributed by atoms with Crippen LogP contribution in [0.4, 0.5) is 0 Å². The van der Waals surface area contributed by atoms with Gasteiger partial charge in [0.2, 0.25) is 5.82 Å². The van der Waals surface area contributed by atoms with E-state index in [1.807, 2.05) is 6.92 Å². The number of nitrogens with zero attached hydrogens (tertiary/aromatic N) is 1. The number of hydrogen-bond donors (Lipinski definition) is 2. The van der Waals surface area contributed by atoms with E-state index in [-0.39, 0.29) is 11.4 Å². The van der Waals surface area contributed by atoms with E-state index in [1.54, 1.807) is 0 Å². The predicted molar refractivity (Wildman–Crippen MR) is 79.8 cm³/mol. The maximum atomic E-state index is 12.0. The first-order valence-corrected chi connectivity index (χ1v) is 7.61. The zero-order chi connectivity index (χ0) is 14.7. The van der Waals surface area contributed by atoms with E-state index in [4.69, 9.17) is 5.11 Å². The fourth-order valence-electron chi connectivity index (χ4n) is 2.24. The molecule has 2 heterocycles. The summed E-state index contributed by atoms with van der Waals surface area (Å²) in [5.41, 5.74) is 0.577. The van der Waals surface area contributed by atoms with Crippen molar-refractivity contribution in [2.75, 3.05) is 0 Å². The lowest BCUT2D eigenvalue weighted by atomic mass is 10.1. The summed E-state index contributed by atoms with van der Waals surface area (Å²) in [4.78, 5) is 30.9. The predicted octanol–water partition coefficient (Wildman–Crippen LogP) is 3.11. The van der Waals surface area contributed by atoms with Crippen molar-refractivity contribution >= 4 is 27.5 Å². The average molecular weight is 294 g/mol. The van der Waals surface area contributed by atoms with Crippen LogP contribution < -0.4 is 5.56 Å². The Labute approximate surface area is 120 Å². The molecule has 0 fully saturated rings. The summed E-state index contributed by atoms with van der Waals surface area (Å²) in [6.45, 7) is 4.08. The van der Waals surface area contributed by atoms with E-state index in [0.717, 1.165) is 23.3 Å². The molecule has 0 saturated heterocycles. The molecule has 0 atom stereocenters. The summed E-state index contributed by atoms with van der Waals surface area (Å²) in [6.07, 6.45) is 5.59. The van der Waals surface area contributed by atoms with Gasteiger partial charge in [-0.2, -0.15) is 0 Å². The van der Waals surface area contributed by atoms with Crippen LogP contribution in [0, 0.1) is 6.92 Å². The van der Waals surface area contributed by atoms with Gasteiger partial charge in [-0.25, -0.2) is 9.78 Å². The second-order valence-corrected chi connectivity index (χ2v) is 5.94. The van der Waals surface area contributed by atoms with E-state index in [0.29, 0.717) is 10.2 Å². The SMILES string of the molecule is CCCCCCc1sc2nc(C(=O)O)[nH]c(=O)c2c1C. The number of rotatable bonds is 6. The number of hydrogen-bond acceptors (Lipinski definition) is 4. The van der Waals surface area contributed by atoms with Crippen LogP contribution in [0.1, 0.15) is 53.7 Å². The van der Waals surface area contributed by atoms with Crippen molar-refractivity contribution in [2.24, 2.45) is 0 Å². The van der Waals surface area contributed by atoms with E-state index in [9.17, 15) is 9.59 Å². The van der Waals surface area contributed by atoms with Gasteiger partial charge in [-0.05, 0) is 25.3 Å². The number of nitrogens with one attached hydrogen (secondary N) is 1. The second kappa shape index (κ2) is 6.17. The minimum Gasteiger partial charge on any atom is -0.475 e. The summed E-state index contributed by atoms with van der Waals surface area (Å²) in [5, 5.41) is 9.45. The number of aryl methyl sites for hydroxylation is 2. The first-order valence-electron chi connectivity index (χ1n) is 6.80. The summed E-state index contributed by atoms with van der Waals surface area (Å²) in [7, 11) is 0. The standard InChI is InChI=1S/C14H18N2O3S/c1-3-4-5-6-7-9-8(2)10-12(17)15-11(14(18)19)16-13(10)20-9/h3-7H2,1-2H3,(H,18,19)(H,15,16,17). The number of aromatic nitrogens is 2. The van der Waals surface area contributed by atoms with Crippen LogP contribution in [0.2, 0.25) is 0 Å². The van der Waals surface area contributed by atoms with Crippen LogP contribution in [-0.4, -0.2) is 21.0 Å². The zero-order valence-corrected chi connectivity index (χ0v) is 12.5. The highest BCUT2D eigenvalue weighted by Gasteiger charge is 2.16. The molecule has 0 bridgehead atoms. The molecule has 0 amide bonds. The monoisotopic (exact) mass is 294 g/mol. The average Bonchev–Trinajstić information content (AvgIpc) is 2.72. The molecule has 108 valence electrons. The van der Waals surface area contributed by atoms with Crippen LogP contribution in [0.5, 0.6) is 0 Å². The number of carboxylic acids is 1. The highest BCUT2D eigenvalue weighted by Crippen LogP contribution is 2.28. The van der Waals surface area contributed by atoms with Crippen molar-refractivity contribution in [1.82, 2.24) is 9.97 Å².